The number of benzene rings is 1. The second-order valence-electron chi connectivity index (χ2n) is 5.21. The SMILES string of the molecule is COCC(C)CNC(=O)[C@@H]1Cc2ccccc2CN1. The van der Waals surface area contributed by atoms with E-state index < -0.39 is 0 Å². The van der Waals surface area contributed by atoms with Gasteiger partial charge in [0.15, 0.2) is 0 Å². The van der Waals surface area contributed by atoms with Gasteiger partial charge in [0.25, 0.3) is 0 Å². The molecule has 19 heavy (non-hydrogen) atoms. The number of fused-ring (bicyclic) bond motifs is 1. The molecule has 1 aliphatic rings. The molecule has 1 amide bonds. The number of hydrogen-bond donors (Lipinski definition) is 2. The Labute approximate surface area is 114 Å². The summed E-state index contributed by atoms with van der Waals surface area (Å²) in [7, 11) is 1.68. The third-order valence-electron chi connectivity index (χ3n) is 3.47. The van der Waals surface area contributed by atoms with Gasteiger partial charge in [0, 0.05) is 20.2 Å². The van der Waals surface area contributed by atoms with Crippen molar-refractivity contribution in [2.75, 3.05) is 20.3 Å². The van der Waals surface area contributed by atoms with Gasteiger partial charge in [-0.25, -0.2) is 0 Å². The molecule has 2 rings (SSSR count). The fraction of sp³-hybridized carbons (Fsp3) is 0.533. The molecule has 1 heterocycles. The van der Waals surface area contributed by atoms with Crippen molar-refractivity contribution in [3.05, 3.63) is 35.4 Å². The van der Waals surface area contributed by atoms with E-state index in [1.807, 2.05) is 12.1 Å². The van der Waals surface area contributed by atoms with E-state index in [1.165, 1.54) is 11.1 Å². The topological polar surface area (TPSA) is 50.4 Å². The van der Waals surface area contributed by atoms with E-state index >= 15 is 0 Å². The van der Waals surface area contributed by atoms with Crippen molar-refractivity contribution >= 4 is 5.91 Å². The maximum absolute atomic E-state index is 12.1. The van der Waals surface area contributed by atoms with Gasteiger partial charge in [0.2, 0.25) is 5.91 Å². The van der Waals surface area contributed by atoms with Crippen molar-refractivity contribution in [2.24, 2.45) is 5.92 Å². The monoisotopic (exact) mass is 262 g/mol. The van der Waals surface area contributed by atoms with Crippen LogP contribution in [-0.2, 0) is 22.5 Å². The summed E-state index contributed by atoms with van der Waals surface area (Å²) < 4.78 is 5.06. The molecular formula is C15H22N2O2. The van der Waals surface area contributed by atoms with Crippen molar-refractivity contribution in [3.63, 3.8) is 0 Å². The van der Waals surface area contributed by atoms with Gasteiger partial charge in [0.1, 0.15) is 0 Å². The van der Waals surface area contributed by atoms with E-state index in [0.717, 1.165) is 13.0 Å². The lowest BCUT2D eigenvalue weighted by Gasteiger charge is -2.25. The van der Waals surface area contributed by atoms with Crippen LogP contribution in [0.3, 0.4) is 0 Å². The molecule has 1 unspecified atom stereocenters. The number of ether oxygens (including phenoxy) is 1. The summed E-state index contributed by atoms with van der Waals surface area (Å²) in [6.45, 7) is 4.16. The van der Waals surface area contributed by atoms with Crippen molar-refractivity contribution in [2.45, 2.75) is 25.9 Å². The normalized spacial score (nSPS) is 19.6. The fourth-order valence-electron chi connectivity index (χ4n) is 2.38. The molecule has 0 aliphatic carbocycles. The van der Waals surface area contributed by atoms with Crippen molar-refractivity contribution in [3.8, 4) is 0 Å². The lowest BCUT2D eigenvalue weighted by atomic mass is 9.95. The van der Waals surface area contributed by atoms with E-state index in [-0.39, 0.29) is 11.9 Å². The van der Waals surface area contributed by atoms with E-state index in [0.29, 0.717) is 19.1 Å². The van der Waals surface area contributed by atoms with Gasteiger partial charge in [-0.15, -0.1) is 0 Å². The molecule has 1 aliphatic heterocycles. The Kier molecular flexibility index (Phi) is 4.93. The molecule has 1 aromatic rings. The van der Waals surface area contributed by atoms with Crippen LogP contribution in [0.5, 0.6) is 0 Å². The molecule has 2 atom stereocenters. The summed E-state index contributed by atoms with van der Waals surface area (Å²) in [5.41, 5.74) is 2.56. The average molecular weight is 262 g/mol. The predicted molar refractivity (Wildman–Crippen MR) is 74.8 cm³/mol. The Hall–Kier alpha value is -1.39. The molecule has 0 bridgehead atoms. The molecule has 0 spiro atoms. The minimum atomic E-state index is -0.121. The first kappa shape index (κ1) is 14.0. The highest BCUT2D eigenvalue weighted by atomic mass is 16.5. The van der Waals surface area contributed by atoms with Crippen molar-refractivity contribution < 1.29 is 9.53 Å². The number of rotatable bonds is 5. The molecule has 4 heteroatoms. The highest BCUT2D eigenvalue weighted by Gasteiger charge is 2.23. The van der Waals surface area contributed by atoms with Crippen LogP contribution in [0.15, 0.2) is 24.3 Å². The van der Waals surface area contributed by atoms with Crippen LogP contribution < -0.4 is 10.6 Å². The summed E-state index contributed by atoms with van der Waals surface area (Å²) in [4.78, 5) is 12.1. The van der Waals surface area contributed by atoms with Gasteiger partial charge in [-0.3, -0.25) is 4.79 Å². The lowest BCUT2D eigenvalue weighted by Crippen LogP contribution is -2.48. The fourth-order valence-corrected chi connectivity index (χ4v) is 2.38. The molecular weight excluding hydrogens is 240 g/mol. The summed E-state index contributed by atoms with van der Waals surface area (Å²) >= 11 is 0. The Bertz CT molecular complexity index is 434. The molecule has 0 saturated carbocycles. The molecule has 0 radical (unpaired) electrons. The van der Waals surface area contributed by atoms with Gasteiger partial charge in [-0.1, -0.05) is 31.2 Å². The van der Waals surface area contributed by atoms with Gasteiger partial charge in [-0.2, -0.15) is 0 Å². The number of methoxy groups -OCH3 is 1. The molecule has 4 nitrogen and oxygen atoms in total. The van der Waals surface area contributed by atoms with Crippen LogP contribution in [0.4, 0.5) is 0 Å². The highest BCUT2D eigenvalue weighted by molar-refractivity contribution is 5.82. The molecule has 0 fully saturated rings. The molecule has 0 aromatic heterocycles. The zero-order chi connectivity index (χ0) is 13.7. The van der Waals surface area contributed by atoms with Gasteiger partial charge < -0.3 is 15.4 Å². The summed E-state index contributed by atoms with van der Waals surface area (Å²) in [6.07, 6.45) is 0.765. The Morgan fingerprint density at radius 1 is 1.47 bits per heavy atom. The number of nitrogens with one attached hydrogen (secondary N) is 2. The second kappa shape index (κ2) is 6.68. The second-order valence-corrected chi connectivity index (χ2v) is 5.21. The minimum Gasteiger partial charge on any atom is -0.384 e. The summed E-state index contributed by atoms with van der Waals surface area (Å²) in [5.74, 6) is 0.419. The maximum atomic E-state index is 12.1. The Morgan fingerprint density at radius 3 is 2.95 bits per heavy atom. The van der Waals surface area contributed by atoms with E-state index in [4.69, 9.17) is 4.74 Å². The third kappa shape index (κ3) is 3.78. The van der Waals surface area contributed by atoms with Crippen LogP contribution in [0.1, 0.15) is 18.1 Å². The first-order valence-corrected chi connectivity index (χ1v) is 6.77. The predicted octanol–water partition coefficient (Wildman–Crippen LogP) is 1.10. The van der Waals surface area contributed by atoms with Gasteiger partial charge in [0.05, 0.1) is 12.6 Å². The largest absolute Gasteiger partial charge is 0.384 e. The van der Waals surface area contributed by atoms with Crippen LogP contribution in [0, 0.1) is 5.92 Å². The zero-order valence-electron chi connectivity index (χ0n) is 11.6. The van der Waals surface area contributed by atoms with Crippen LogP contribution in [-0.4, -0.2) is 32.2 Å². The summed E-state index contributed by atoms with van der Waals surface area (Å²) in [5, 5.41) is 6.27. The zero-order valence-corrected chi connectivity index (χ0v) is 11.6. The Morgan fingerprint density at radius 2 is 2.21 bits per heavy atom. The molecule has 1 aromatic carbocycles. The number of carbonyl (C=O) groups is 1. The number of hydrogen-bond acceptors (Lipinski definition) is 3. The number of carbonyl (C=O) groups excluding carboxylic acids is 1. The van der Waals surface area contributed by atoms with Gasteiger partial charge >= 0.3 is 0 Å². The van der Waals surface area contributed by atoms with Gasteiger partial charge in [-0.05, 0) is 23.5 Å². The molecule has 0 saturated heterocycles. The van der Waals surface area contributed by atoms with Crippen LogP contribution >= 0.6 is 0 Å². The minimum absolute atomic E-state index is 0.0810. The van der Waals surface area contributed by atoms with Crippen LogP contribution in [0.25, 0.3) is 0 Å². The summed E-state index contributed by atoms with van der Waals surface area (Å²) in [6, 6.07) is 8.15. The smallest absolute Gasteiger partial charge is 0.237 e. The third-order valence-corrected chi connectivity index (χ3v) is 3.47. The van der Waals surface area contributed by atoms with Crippen molar-refractivity contribution in [1.82, 2.24) is 10.6 Å². The maximum Gasteiger partial charge on any atom is 0.237 e. The van der Waals surface area contributed by atoms with E-state index in [2.05, 4.69) is 29.7 Å². The van der Waals surface area contributed by atoms with E-state index in [9.17, 15) is 4.79 Å². The van der Waals surface area contributed by atoms with Crippen LogP contribution in [0.2, 0.25) is 0 Å². The first-order valence-electron chi connectivity index (χ1n) is 6.77. The van der Waals surface area contributed by atoms with Crippen molar-refractivity contribution in [1.29, 1.82) is 0 Å². The number of amides is 1. The average Bonchev–Trinajstić information content (AvgIpc) is 2.44. The lowest BCUT2D eigenvalue weighted by molar-refractivity contribution is -0.123. The quantitative estimate of drug-likeness (QED) is 0.835. The Balaban J connectivity index is 1.85. The molecule has 104 valence electrons. The highest BCUT2D eigenvalue weighted by Crippen LogP contribution is 2.16. The first-order chi connectivity index (χ1) is 9.20. The standard InChI is InChI=1S/C15H22N2O2/c1-11(10-19-2)8-17-15(18)14-7-12-5-3-4-6-13(12)9-16-14/h3-6,11,14,16H,7-10H2,1-2H3,(H,17,18)/t11?,14-/m0/s1. The van der Waals surface area contributed by atoms with E-state index in [1.54, 1.807) is 7.11 Å². The molecule has 2 N–H and O–H groups in total.